The minimum absolute atomic E-state index is 0.0501. The van der Waals surface area contributed by atoms with E-state index in [1.807, 2.05) is 31.2 Å². The van der Waals surface area contributed by atoms with E-state index in [0.717, 1.165) is 15.8 Å². The van der Waals surface area contributed by atoms with Crippen molar-refractivity contribution in [3.63, 3.8) is 0 Å². The molecule has 27 heavy (non-hydrogen) atoms. The number of hydrogen-bond acceptors (Lipinski definition) is 5. The maximum Gasteiger partial charge on any atom is 0.281 e. The van der Waals surface area contributed by atoms with Crippen LogP contribution in [0.1, 0.15) is 21.2 Å². The molecule has 0 atom stereocenters. The standard InChI is InChI=1S/C18H14ClN3O3S2/c1-10-6-7-11(25-10)8-9-14(23)20-18(26)22-21-17(24)16-15(19)12-4-2-3-5-13(12)27-16/h2-9H,1H3,(H,21,24)(H2,20,22,23,26)/b9-8+. The Kier molecular flexibility index (Phi) is 5.90. The van der Waals surface area contributed by atoms with Gasteiger partial charge in [-0.3, -0.25) is 25.8 Å². The molecule has 0 unspecified atom stereocenters. The fourth-order valence-electron chi connectivity index (χ4n) is 2.22. The molecule has 0 bridgehead atoms. The van der Waals surface area contributed by atoms with E-state index in [2.05, 4.69) is 16.2 Å². The summed E-state index contributed by atoms with van der Waals surface area (Å²) in [6, 6.07) is 11.0. The Hall–Kier alpha value is -2.68. The summed E-state index contributed by atoms with van der Waals surface area (Å²) in [5.74, 6) is 0.388. The highest BCUT2D eigenvalue weighted by Gasteiger charge is 2.17. The summed E-state index contributed by atoms with van der Waals surface area (Å²) in [6.45, 7) is 1.81. The number of thiophene rings is 1. The first-order valence-corrected chi connectivity index (χ1v) is 9.37. The second-order valence-electron chi connectivity index (χ2n) is 5.42. The first-order chi connectivity index (χ1) is 12.9. The molecule has 0 spiro atoms. The summed E-state index contributed by atoms with van der Waals surface area (Å²) in [5, 5.41) is 3.55. The smallest absolute Gasteiger partial charge is 0.281 e. The Morgan fingerprint density at radius 2 is 1.96 bits per heavy atom. The molecule has 0 radical (unpaired) electrons. The number of hydrazine groups is 1. The van der Waals surface area contributed by atoms with Crippen molar-refractivity contribution >= 4 is 68.2 Å². The lowest BCUT2D eigenvalue weighted by Crippen LogP contribution is -2.48. The number of hydrogen-bond donors (Lipinski definition) is 3. The highest BCUT2D eigenvalue weighted by atomic mass is 35.5. The third-order valence-corrected chi connectivity index (χ3v) is 5.31. The predicted molar refractivity (Wildman–Crippen MR) is 111 cm³/mol. The summed E-state index contributed by atoms with van der Waals surface area (Å²) in [5.41, 5.74) is 4.90. The number of fused-ring (bicyclic) bond motifs is 1. The van der Waals surface area contributed by atoms with Gasteiger partial charge in [-0.25, -0.2) is 0 Å². The Bertz CT molecular complexity index is 1060. The first kappa shape index (κ1) is 19.1. The highest BCUT2D eigenvalue weighted by Crippen LogP contribution is 2.34. The molecule has 0 aliphatic carbocycles. The van der Waals surface area contributed by atoms with E-state index < -0.39 is 11.8 Å². The van der Waals surface area contributed by atoms with E-state index in [1.54, 1.807) is 12.1 Å². The number of carbonyl (C=O) groups excluding carboxylic acids is 2. The van der Waals surface area contributed by atoms with Crippen molar-refractivity contribution in [2.24, 2.45) is 0 Å². The molecule has 0 aliphatic heterocycles. The van der Waals surface area contributed by atoms with E-state index >= 15 is 0 Å². The number of furan rings is 1. The van der Waals surface area contributed by atoms with Crippen LogP contribution in [0.5, 0.6) is 0 Å². The molecule has 1 aromatic carbocycles. The third kappa shape index (κ3) is 4.73. The monoisotopic (exact) mass is 419 g/mol. The van der Waals surface area contributed by atoms with Gasteiger partial charge in [-0.1, -0.05) is 29.8 Å². The molecular weight excluding hydrogens is 406 g/mol. The summed E-state index contributed by atoms with van der Waals surface area (Å²) in [4.78, 5) is 24.5. The number of nitrogens with one attached hydrogen (secondary N) is 3. The lowest BCUT2D eigenvalue weighted by Gasteiger charge is -2.08. The van der Waals surface area contributed by atoms with E-state index in [4.69, 9.17) is 28.2 Å². The number of carbonyl (C=O) groups is 2. The first-order valence-electron chi connectivity index (χ1n) is 7.77. The molecule has 0 saturated carbocycles. The molecule has 6 nitrogen and oxygen atoms in total. The van der Waals surface area contributed by atoms with Crippen LogP contribution in [0, 0.1) is 6.92 Å². The fourth-order valence-corrected chi connectivity index (χ4v) is 3.78. The number of amides is 2. The minimum atomic E-state index is -0.462. The van der Waals surface area contributed by atoms with Gasteiger partial charge in [0.25, 0.3) is 5.91 Å². The summed E-state index contributed by atoms with van der Waals surface area (Å²) >= 11 is 12.5. The van der Waals surface area contributed by atoms with Crippen molar-refractivity contribution < 1.29 is 14.0 Å². The van der Waals surface area contributed by atoms with E-state index in [-0.39, 0.29) is 5.11 Å². The van der Waals surface area contributed by atoms with Crippen molar-refractivity contribution in [2.45, 2.75) is 6.92 Å². The van der Waals surface area contributed by atoms with Gasteiger partial charge in [0.05, 0.1) is 5.02 Å². The predicted octanol–water partition coefficient (Wildman–Crippen LogP) is 3.81. The van der Waals surface area contributed by atoms with Gasteiger partial charge in [0.1, 0.15) is 16.4 Å². The molecule has 0 aliphatic rings. The Morgan fingerprint density at radius 3 is 2.67 bits per heavy atom. The van der Waals surface area contributed by atoms with Gasteiger partial charge < -0.3 is 4.42 Å². The van der Waals surface area contributed by atoms with Crippen LogP contribution in [0.2, 0.25) is 5.02 Å². The summed E-state index contributed by atoms with van der Waals surface area (Å²) < 4.78 is 6.22. The van der Waals surface area contributed by atoms with Crippen LogP contribution in [0.15, 0.2) is 46.9 Å². The highest BCUT2D eigenvalue weighted by molar-refractivity contribution is 7.80. The van der Waals surface area contributed by atoms with Gasteiger partial charge in [0.15, 0.2) is 5.11 Å². The molecular formula is C18H14ClN3O3S2. The molecule has 3 N–H and O–H groups in total. The lowest BCUT2D eigenvalue weighted by atomic mass is 10.2. The minimum Gasteiger partial charge on any atom is -0.462 e. The molecule has 2 heterocycles. The number of benzene rings is 1. The summed E-state index contributed by atoms with van der Waals surface area (Å²) in [6.07, 6.45) is 2.79. The Morgan fingerprint density at radius 1 is 1.19 bits per heavy atom. The van der Waals surface area contributed by atoms with Crippen molar-refractivity contribution in [1.82, 2.24) is 16.2 Å². The van der Waals surface area contributed by atoms with E-state index in [1.165, 1.54) is 23.5 Å². The van der Waals surface area contributed by atoms with E-state index in [0.29, 0.717) is 15.7 Å². The van der Waals surface area contributed by atoms with Crippen LogP contribution in [0.4, 0.5) is 0 Å². The third-order valence-electron chi connectivity index (χ3n) is 3.43. The van der Waals surface area contributed by atoms with Gasteiger partial charge in [0.2, 0.25) is 5.91 Å². The molecule has 3 aromatic rings. The number of halogens is 1. The largest absolute Gasteiger partial charge is 0.462 e. The van der Waals surface area contributed by atoms with E-state index in [9.17, 15) is 9.59 Å². The van der Waals surface area contributed by atoms with Crippen LogP contribution < -0.4 is 16.2 Å². The van der Waals surface area contributed by atoms with Gasteiger partial charge in [-0.05, 0) is 43.4 Å². The Balaban J connectivity index is 1.53. The summed E-state index contributed by atoms with van der Waals surface area (Å²) in [7, 11) is 0. The van der Waals surface area contributed by atoms with Crippen LogP contribution in [0.25, 0.3) is 16.2 Å². The molecule has 138 valence electrons. The van der Waals surface area contributed by atoms with Crippen LogP contribution in [-0.2, 0) is 4.79 Å². The lowest BCUT2D eigenvalue weighted by molar-refractivity contribution is -0.115. The van der Waals surface area contributed by atoms with Gasteiger partial charge in [0, 0.05) is 16.2 Å². The topological polar surface area (TPSA) is 83.4 Å². The number of rotatable bonds is 3. The fraction of sp³-hybridized carbons (Fsp3) is 0.0556. The molecule has 0 fully saturated rings. The Labute approximate surface area is 169 Å². The van der Waals surface area contributed by atoms with Crippen molar-refractivity contribution in [1.29, 1.82) is 0 Å². The van der Waals surface area contributed by atoms with Gasteiger partial charge in [-0.15, -0.1) is 11.3 Å². The SMILES string of the molecule is Cc1ccc(/C=C/C(=O)NC(=S)NNC(=O)c2sc3ccccc3c2Cl)o1. The number of aryl methyl sites for hydroxylation is 1. The normalized spacial score (nSPS) is 10.9. The van der Waals surface area contributed by atoms with Crippen molar-refractivity contribution in [2.75, 3.05) is 0 Å². The van der Waals surface area contributed by atoms with Gasteiger partial charge >= 0.3 is 0 Å². The molecule has 0 saturated heterocycles. The average molecular weight is 420 g/mol. The molecule has 2 amide bonds. The zero-order valence-electron chi connectivity index (χ0n) is 14.0. The zero-order chi connectivity index (χ0) is 19.4. The maximum atomic E-state index is 12.3. The van der Waals surface area contributed by atoms with Crippen molar-refractivity contribution in [3.8, 4) is 0 Å². The van der Waals surface area contributed by atoms with Gasteiger partial charge in [-0.2, -0.15) is 0 Å². The van der Waals surface area contributed by atoms with Crippen molar-refractivity contribution in [3.05, 3.63) is 63.9 Å². The average Bonchev–Trinajstić information content (AvgIpc) is 3.21. The quantitative estimate of drug-likeness (QED) is 0.341. The second kappa shape index (κ2) is 8.34. The van der Waals surface area contributed by atoms with Crippen LogP contribution in [0.3, 0.4) is 0 Å². The number of thiocarbonyl (C=S) groups is 1. The van der Waals surface area contributed by atoms with Crippen LogP contribution >= 0.6 is 35.2 Å². The molecule has 2 aromatic heterocycles. The molecule has 3 rings (SSSR count). The maximum absolute atomic E-state index is 12.3. The van der Waals surface area contributed by atoms with Crippen LogP contribution in [-0.4, -0.2) is 16.9 Å². The molecule has 9 heteroatoms. The zero-order valence-corrected chi connectivity index (χ0v) is 16.4. The second-order valence-corrected chi connectivity index (χ2v) is 7.26.